The Labute approximate surface area is 118 Å². The summed E-state index contributed by atoms with van der Waals surface area (Å²) in [5.41, 5.74) is 0.883. The Hall–Kier alpha value is -1.42. The summed E-state index contributed by atoms with van der Waals surface area (Å²) in [7, 11) is 0. The van der Waals surface area contributed by atoms with Crippen LogP contribution in [-0.4, -0.2) is 15.6 Å². The van der Waals surface area contributed by atoms with Gasteiger partial charge in [0.2, 0.25) is 0 Å². The molecule has 0 aliphatic rings. The Morgan fingerprint density at radius 3 is 2.74 bits per heavy atom. The molecule has 0 atom stereocenters. The second kappa shape index (κ2) is 6.66. The monoisotopic (exact) mass is 276 g/mol. The van der Waals surface area contributed by atoms with E-state index in [2.05, 4.69) is 18.9 Å². The van der Waals surface area contributed by atoms with Crippen LogP contribution in [0.5, 0.6) is 0 Å². The van der Waals surface area contributed by atoms with Gasteiger partial charge in [-0.25, -0.2) is 0 Å². The highest BCUT2D eigenvalue weighted by molar-refractivity contribution is 7.10. The molecule has 0 unspecified atom stereocenters. The molecular formula is C15H20N2OS. The van der Waals surface area contributed by atoms with Crippen LogP contribution < -0.4 is 0 Å². The van der Waals surface area contributed by atoms with Gasteiger partial charge in [-0.3, -0.25) is 9.48 Å². The summed E-state index contributed by atoms with van der Waals surface area (Å²) in [6, 6.07) is 6.40. The number of carbonyl (C=O) groups is 1. The summed E-state index contributed by atoms with van der Waals surface area (Å²) in [5.74, 6) is 0.234. The minimum atomic E-state index is 0.234. The first-order valence-corrected chi connectivity index (χ1v) is 7.69. The van der Waals surface area contributed by atoms with Crippen molar-refractivity contribution in [3.8, 4) is 0 Å². The van der Waals surface area contributed by atoms with E-state index in [0.29, 0.717) is 18.9 Å². The van der Waals surface area contributed by atoms with Crippen molar-refractivity contribution in [1.29, 1.82) is 0 Å². The van der Waals surface area contributed by atoms with Gasteiger partial charge in [-0.1, -0.05) is 19.9 Å². The van der Waals surface area contributed by atoms with Crippen LogP contribution in [-0.2, 0) is 17.6 Å². The Morgan fingerprint density at radius 1 is 1.32 bits per heavy atom. The lowest BCUT2D eigenvalue weighted by molar-refractivity contribution is -0.117. The van der Waals surface area contributed by atoms with E-state index in [1.165, 1.54) is 0 Å². The molecule has 0 aromatic carbocycles. The lowest BCUT2D eigenvalue weighted by atomic mass is 10.1. The van der Waals surface area contributed by atoms with Crippen LogP contribution in [0.1, 0.15) is 43.3 Å². The standard InChI is InChI=1S/C15H20N2OS/c1-3-13(4-2)17-8-7-12(16-17)10-14(18)11-15-6-5-9-19-15/h5-9,13H,3-4,10-11H2,1-2H3. The molecule has 2 aromatic heterocycles. The first-order valence-electron chi connectivity index (χ1n) is 6.81. The van der Waals surface area contributed by atoms with E-state index in [4.69, 9.17) is 0 Å². The molecule has 4 heteroatoms. The fourth-order valence-corrected chi connectivity index (χ4v) is 2.94. The SMILES string of the molecule is CCC(CC)n1ccc(CC(=O)Cc2cccs2)n1. The Kier molecular flexibility index (Phi) is 4.91. The van der Waals surface area contributed by atoms with Gasteiger partial charge in [-0.2, -0.15) is 5.10 Å². The minimum Gasteiger partial charge on any atom is -0.299 e. The molecule has 2 aromatic rings. The molecular weight excluding hydrogens is 256 g/mol. The van der Waals surface area contributed by atoms with Crippen molar-refractivity contribution < 1.29 is 4.79 Å². The quantitative estimate of drug-likeness (QED) is 0.773. The van der Waals surface area contributed by atoms with E-state index in [-0.39, 0.29) is 5.78 Å². The van der Waals surface area contributed by atoms with E-state index in [1.807, 2.05) is 34.5 Å². The van der Waals surface area contributed by atoms with Gasteiger partial charge in [0.25, 0.3) is 0 Å². The smallest absolute Gasteiger partial charge is 0.144 e. The van der Waals surface area contributed by atoms with E-state index in [0.717, 1.165) is 23.4 Å². The maximum Gasteiger partial charge on any atom is 0.144 e. The van der Waals surface area contributed by atoms with Gasteiger partial charge in [0.05, 0.1) is 18.2 Å². The summed E-state index contributed by atoms with van der Waals surface area (Å²) in [6.07, 6.45) is 5.09. The number of Topliss-reactive ketones (excluding diaryl/α,β-unsaturated/α-hetero) is 1. The van der Waals surface area contributed by atoms with E-state index >= 15 is 0 Å². The highest BCUT2D eigenvalue weighted by Crippen LogP contribution is 2.15. The fraction of sp³-hybridized carbons (Fsp3) is 0.467. The number of rotatable bonds is 7. The van der Waals surface area contributed by atoms with Crippen LogP contribution in [0.3, 0.4) is 0 Å². The maximum atomic E-state index is 12.0. The number of carbonyl (C=O) groups excluding carboxylic acids is 1. The predicted octanol–water partition coefficient (Wildman–Crippen LogP) is 3.66. The summed E-state index contributed by atoms with van der Waals surface area (Å²) in [6.45, 7) is 4.33. The molecule has 0 aliphatic heterocycles. The van der Waals surface area contributed by atoms with E-state index < -0.39 is 0 Å². The summed E-state index contributed by atoms with van der Waals surface area (Å²) in [4.78, 5) is 13.1. The number of nitrogens with zero attached hydrogens (tertiary/aromatic N) is 2. The average Bonchev–Trinajstić information content (AvgIpc) is 3.03. The van der Waals surface area contributed by atoms with E-state index in [9.17, 15) is 4.79 Å². The fourth-order valence-electron chi connectivity index (χ4n) is 2.21. The summed E-state index contributed by atoms with van der Waals surface area (Å²) in [5, 5.41) is 6.53. The number of hydrogen-bond acceptors (Lipinski definition) is 3. The molecule has 0 N–H and O–H groups in total. The molecule has 0 spiro atoms. The number of hydrogen-bond donors (Lipinski definition) is 0. The predicted molar refractivity (Wildman–Crippen MR) is 78.6 cm³/mol. The second-order valence-electron chi connectivity index (χ2n) is 4.73. The number of aromatic nitrogens is 2. The van der Waals surface area contributed by atoms with Crippen molar-refractivity contribution in [3.05, 3.63) is 40.3 Å². The molecule has 19 heavy (non-hydrogen) atoms. The van der Waals surface area contributed by atoms with Gasteiger partial charge in [-0.15, -0.1) is 11.3 Å². The van der Waals surface area contributed by atoms with Crippen molar-refractivity contribution in [1.82, 2.24) is 9.78 Å². The molecule has 2 rings (SSSR count). The van der Waals surface area contributed by atoms with Crippen LogP contribution in [0.4, 0.5) is 0 Å². The van der Waals surface area contributed by atoms with Crippen LogP contribution in [0.15, 0.2) is 29.8 Å². The second-order valence-corrected chi connectivity index (χ2v) is 5.76. The van der Waals surface area contributed by atoms with Gasteiger partial charge < -0.3 is 0 Å². The first-order chi connectivity index (χ1) is 9.22. The van der Waals surface area contributed by atoms with Gasteiger partial charge in [0.1, 0.15) is 5.78 Å². The lowest BCUT2D eigenvalue weighted by Gasteiger charge is -2.12. The molecule has 0 aliphatic carbocycles. The van der Waals surface area contributed by atoms with Crippen molar-refractivity contribution in [2.45, 2.75) is 45.6 Å². The highest BCUT2D eigenvalue weighted by atomic mass is 32.1. The minimum absolute atomic E-state index is 0.234. The third kappa shape index (κ3) is 3.77. The zero-order chi connectivity index (χ0) is 13.7. The third-order valence-electron chi connectivity index (χ3n) is 3.31. The molecule has 102 valence electrons. The van der Waals surface area contributed by atoms with Crippen LogP contribution in [0.2, 0.25) is 0 Å². The van der Waals surface area contributed by atoms with Crippen LogP contribution in [0.25, 0.3) is 0 Å². The lowest BCUT2D eigenvalue weighted by Crippen LogP contribution is -2.10. The molecule has 0 radical (unpaired) electrons. The molecule has 3 nitrogen and oxygen atoms in total. The molecule has 0 bridgehead atoms. The van der Waals surface area contributed by atoms with Crippen molar-refractivity contribution >= 4 is 17.1 Å². The third-order valence-corrected chi connectivity index (χ3v) is 4.19. The Morgan fingerprint density at radius 2 is 2.11 bits per heavy atom. The van der Waals surface area contributed by atoms with Crippen LogP contribution >= 0.6 is 11.3 Å². The van der Waals surface area contributed by atoms with E-state index in [1.54, 1.807) is 11.3 Å². The van der Waals surface area contributed by atoms with Crippen molar-refractivity contribution in [2.75, 3.05) is 0 Å². The van der Waals surface area contributed by atoms with Crippen molar-refractivity contribution in [3.63, 3.8) is 0 Å². The Bertz CT molecular complexity index is 512. The number of thiophene rings is 1. The van der Waals surface area contributed by atoms with Gasteiger partial charge in [0, 0.05) is 17.5 Å². The van der Waals surface area contributed by atoms with Crippen LogP contribution in [0, 0.1) is 0 Å². The number of ketones is 1. The molecule has 0 saturated carbocycles. The Balaban J connectivity index is 1.94. The molecule has 0 fully saturated rings. The van der Waals surface area contributed by atoms with Gasteiger partial charge in [0.15, 0.2) is 0 Å². The summed E-state index contributed by atoms with van der Waals surface area (Å²) < 4.78 is 1.99. The average molecular weight is 276 g/mol. The zero-order valence-corrected chi connectivity index (χ0v) is 12.3. The molecule has 0 saturated heterocycles. The summed E-state index contributed by atoms with van der Waals surface area (Å²) >= 11 is 1.63. The topological polar surface area (TPSA) is 34.9 Å². The van der Waals surface area contributed by atoms with Crippen molar-refractivity contribution in [2.24, 2.45) is 0 Å². The molecule has 0 amide bonds. The molecule has 2 heterocycles. The van der Waals surface area contributed by atoms with Gasteiger partial charge >= 0.3 is 0 Å². The zero-order valence-electron chi connectivity index (χ0n) is 11.5. The largest absolute Gasteiger partial charge is 0.299 e. The maximum absolute atomic E-state index is 12.0. The normalized spacial score (nSPS) is 11.1. The first kappa shape index (κ1) is 14.0. The highest BCUT2D eigenvalue weighted by Gasteiger charge is 2.11. The van der Waals surface area contributed by atoms with Gasteiger partial charge in [-0.05, 0) is 30.4 Å².